The predicted molar refractivity (Wildman–Crippen MR) is 125 cm³/mol. The van der Waals surface area contributed by atoms with Crippen LogP contribution in [0.1, 0.15) is 23.7 Å². The highest BCUT2D eigenvalue weighted by atomic mass is 35.5. The number of sulfonamides is 1. The molecular formula is C20H26ClN3O5S2. The highest BCUT2D eigenvalue weighted by Gasteiger charge is 2.16. The number of ether oxygens (including phenoxy) is 1. The van der Waals surface area contributed by atoms with E-state index >= 15 is 0 Å². The number of benzene rings is 1. The Kier molecular flexibility index (Phi) is 11.0. The SMILES string of the molecule is CC(=O)SCC(=O)c1ccc(NS(=O)(=O)c2ccc(OCCCN(C)C)cc2)nc1.Cl. The molecule has 8 nitrogen and oxygen atoms in total. The van der Waals surface area contributed by atoms with Crippen molar-refractivity contribution in [1.29, 1.82) is 0 Å². The van der Waals surface area contributed by atoms with Gasteiger partial charge in [0.25, 0.3) is 10.0 Å². The van der Waals surface area contributed by atoms with Crippen molar-refractivity contribution < 1.29 is 22.7 Å². The summed E-state index contributed by atoms with van der Waals surface area (Å²) < 4.78 is 33.1. The van der Waals surface area contributed by atoms with E-state index in [1.165, 1.54) is 37.4 Å². The van der Waals surface area contributed by atoms with E-state index in [-0.39, 0.29) is 39.8 Å². The number of nitrogens with zero attached hydrogens (tertiary/aromatic N) is 2. The van der Waals surface area contributed by atoms with Gasteiger partial charge in [0, 0.05) is 25.2 Å². The van der Waals surface area contributed by atoms with Crippen LogP contribution in [0.2, 0.25) is 0 Å². The van der Waals surface area contributed by atoms with Gasteiger partial charge in [0.1, 0.15) is 11.6 Å². The Labute approximate surface area is 193 Å². The van der Waals surface area contributed by atoms with E-state index in [0.717, 1.165) is 24.7 Å². The average Bonchev–Trinajstić information content (AvgIpc) is 2.70. The molecule has 2 aromatic rings. The zero-order chi connectivity index (χ0) is 22.1. The lowest BCUT2D eigenvalue weighted by molar-refractivity contribution is -0.109. The molecule has 0 saturated heterocycles. The van der Waals surface area contributed by atoms with E-state index in [2.05, 4.69) is 14.6 Å². The van der Waals surface area contributed by atoms with Gasteiger partial charge in [-0.2, -0.15) is 0 Å². The molecule has 2 rings (SSSR count). The van der Waals surface area contributed by atoms with Crippen molar-refractivity contribution in [2.45, 2.75) is 18.2 Å². The van der Waals surface area contributed by atoms with Gasteiger partial charge >= 0.3 is 0 Å². The first-order valence-electron chi connectivity index (χ1n) is 9.20. The number of halogens is 1. The highest BCUT2D eigenvalue weighted by molar-refractivity contribution is 8.14. The monoisotopic (exact) mass is 487 g/mol. The third-order valence-electron chi connectivity index (χ3n) is 3.88. The topological polar surface area (TPSA) is 106 Å². The number of hydrogen-bond donors (Lipinski definition) is 1. The third-order valence-corrected chi connectivity index (χ3v) is 6.07. The zero-order valence-corrected chi connectivity index (χ0v) is 20.0. The Morgan fingerprint density at radius 1 is 1.13 bits per heavy atom. The van der Waals surface area contributed by atoms with Gasteiger partial charge in [-0.15, -0.1) is 12.4 Å². The minimum atomic E-state index is -3.83. The van der Waals surface area contributed by atoms with Crippen LogP contribution >= 0.6 is 24.2 Å². The lowest BCUT2D eigenvalue weighted by Gasteiger charge is -2.11. The van der Waals surface area contributed by atoms with Crippen molar-refractivity contribution in [3.05, 3.63) is 48.2 Å². The second kappa shape index (κ2) is 12.7. The van der Waals surface area contributed by atoms with Gasteiger partial charge in [0.05, 0.1) is 17.3 Å². The number of carbonyl (C=O) groups excluding carboxylic acids is 2. The number of Topliss-reactive ketones (excluding diaryl/α,β-unsaturated/α-hetero) is 1. The molecule has 0 aliphatic carbocycles. The van der Waals surface area contributed by atoms with E-state index in [4.69, 9.17) is 4.74 Å². The van der Waals surface area contributed by atoms with Crippen LogP contribution in [0.15, 0.2) is 47.5 Å². The summed E-state index contributed by atoms with van der Waals surface area (Å²) in [5, 5.41) is -0.148. The fraction of sp³-hybridized carbons (Fsp3) is 0.350. The maximum atomic E-state index is 12.5. The number of rotatable bonds is 11. The Morgan fingerprint density at radius 3 is 2.35 bits per heavy atom. The number of anilines is 1. The minimum absolute atomic E-state index is 0. The van der Waals surface area contributed by atoms with Crippen LogP contribution < -0.4 is 9.46 Å². The van der Waals surface area contributed by atoms with Gasteiger partial charge in [-0.3, -0.25) is 14.3 Å². The Bertz CT molecular complexity index is 965. The van der Waals surface area contributed by atoms with Gasteiger partial charge in [0.2, 0.25) is 0 Å². The van der Waals surface area contributed by atoms with Crippen LogP contribution in [-0.4, -0.2) is 62.2 Å². The van der Waals surface area contributed by atoms with Crippen LogP contribution in [0.5, 0.6) is 5.75 Å². The van der Waals surface area contributed by atoms with Crippen molar-refractivity contribution in [1.82, 2.24) is 9.88 Å². The molecule has 0 radical (unpaired) electrons. The van der Waals surface area contributed by atoms with Crippen molar-refractivity contribution in [2.75, 3.05) is 37.7 Å². The first-order valence-corrected chi connectivity index (χ1v) is 11.7. The molecule has 31 heavy (non-hydrogen) atoms. The number of aromatic nitrogens is 1. The number of pyridine rings is 1. The van der Waals surface area contributed by atoms with E-state index in [0.29, 0.717) is 17.9 Å². The number of carbonyl (C=O) groups is 2. The standard InChI is InChI=1S/C20H25N3O5S2.ClH/c1-15(24)29-14-19(25)16-5-10-20(21-13-16)22-30(26,27)18-8-6-17(7-9-18)28-12-4-11-23(2)3;/h5-10,13H,4,11-12,14H2,1-3H3,(H,21,22);1H. The molecule has 0 amide bonds. The Hall–Kier alpha value is -2.14. The summed E-state index contributed by atoms with van der Waals surface area (Å²) in [5.74, 6) is 0.455. The summed E-state index contributed by atoms with van der Waals surface area (Å²) in [7, 11) is 0.144. The van der Waals surface area contributed by atoms with Crippen LogP contribution in [0.3, 0.4) is 0 Å². The molecule has 0 bridgehead atoms. The molecule has 0 atom stereocenters. The largest absolute Gasteiger partial charge is 0.494 e. The van der Waals surface area contributed by atoms with E-state index in [1.54, 1.807) is 12.1 Å². The van der Waals surface area contributed by atoms with Crippen molar-refractivity contribution in [3.8, 4) is 5.75 Å². The molecule has 0 fully saturated rings. The normalized spacial score (nSPS) is 11.0. The molecule has 1 heterocycles. The number of hydrogen-bond acceptors (Lipinski definition) is 8. The van der Waals surface area contributed by atoms with Gasteiger partial charge in [-0.05, 0) is 56.9 Å². The Morgan fingerprint density at radius 2 is 1.81 bits per heavy atom. The molecule has 0 unspecified atom stereocenters. The summed E-state index contributed by atoms with van der Waals surface area (Å²) in [4.78, 5) is 29.0. The zero-order valence-electron chi connectivity index (χ0n) is 17.5. The van der Waals surface area contributed by atoms with Crippen LogP contribution in [0, 0.1) is 0 Å². The van der Waals surface area contributed by atoms with Gasteiger partial charge < -0.3 is 9.64 Å². The summed E-state index contributed by atoms with van der Waals surface area (Å²) in [6, 6.07) is 9.00. The van der Waals surface area contributed by atoms with Gasteiger partial charge in [0.15, 0.2) is 10.9 Å². The fourth-order valence-corrected chi connectivity index (χ4v) is 3.86. The first kappa shape index (κ1) is 26.9. The fourth-order valence-electron chi connectivity index (χ4n) is 2.35. The van der Waals surface area contributed by atoms with Crippen LogP contribution in [0.4, 0.5) is 5.82 Å². The maximum absolute atomic E-state index is 12.5. The summed E-state index contributed by atoms with van der Waals surface area (Å²) in [6.45, 7) is 2.84. The maximum Gasteiger partial charge on any atom is 0.263 e. The molecule has 170 valence electrons. The quantitative estimate of drug-likeness (QED) is 0.380. The molecule has 0 aliphatic heterocycles. The third kappa shape index (κ3) is 9.26. The molecule has 1 aromatic carbocycles. The number of ketones is 1. The lowest BCUT2D eigenvalue weighted by Crippen LogP contribution is -2.16. The second-order valence-electron chi connectivity index (χ2n) is 6.72. The molecule has 0 aliphatic rings. The minimum Gasteiger partial charge on any atom is -0.494 e. The highest BCUT2D eigenvalue weighted by Crippen LogP contribution is 2.19. The van der Waals surface area contributed by atoms with Crippen molar-refractivity contribution >= 4 is 50.9 Å². The number of thioether (sulfide) groups is 1. The number of nitrogens with one attached hydrogen (secondary N) is 1. The summed E-state index contributed by atoms with van der Waals surface area (Å²) in [5.41, 5.74) is 0.308. The molecule has 1 aromatic heterocycles. The first-order chi connectivity index (χ1) is 14.2. The second-order valence-corrected chi connectivity index (χ2v) is 9.55. The molecular weight excluding hydrogens is 462 g/mol. The van der Waals surface area contributed by atoms with Gasteiger partial charge in [-0.1, -0.05) is 11.8 Å². The van der Waals surface area contributed by atoms with E-state index in [1.807, 2.05) is 14.1 Å². The Balaban J connectivity index is 0.00000480. The van der Waals surface area contributed by atoms with Crippen molar-refractivity contribution in [2.24, 2.45) is 0 Å². The van der Waals surface area contributed by atoms with Gasteiger partial charge in [-0.25, -0.2) is 13.4 Å². The molecule has 11 heteroatoms. The molecule has 0 spiro atoms. The summed E-state index contributed by atoms with van der Waals surface area (Å²) >= 11 is 0.914. The predicted octanol–water partition coefficient (Wildman–Crippen LogP) is 3.10. The van der Waals surface area contributed by atoms with Crippen LogP contribution in [0.25, 0.3) is 0 Å². The lowest BCUT2D eigenvalue weighted by atomic mass is 10.2. The van der Waals surface area contributed by atoms with Crippen LogP contribution in [-0.2, 0) is 14.8 Å². The molecule has 1 N–H and O–H groups in total. The van der Waals surface area contributed by atoms with E-state index < -0.39 is 10.0 Å². The van der Waals surface area contributed by atoms with E-state index in [9.17, 15) is 18.0 Å². The smallest absolute Gasteiger partial charge is 0.263 e. The average molecular weight is 488 g/mol. The molecule has 0 saturated carbocycles. The summed E-state index contributed by atoms with van der Waals surface area (Å²) in [6.07, 6.45) is 2.15. The van der Waals surface area contributed by atoms with Crippen molar-refractivity contribution in [3.63, 3.8) is 0 Å².